The highest BCUT2D eigenvalue weighted by Crippen LogP contribution is 2.38. The molecular weight excluding hydrogens is 447 g/mol. The van der Waals surface area contributed by atoms with Crippen LogP contribution in [0.2, 0.25) is 0 Å². The Balaban J connectivity index is 1.65. The molecule has 5 nitrogen and oxygen atoms in total. The van der Waals surface area contributed by atoms with E-state index in [4.69, 9.17) is 10.00 Å². The maximum atomic E-state index is 13.1. The van der Waals surface area contributed by atoms with Gasteiger partial charge in [-0.2, -0.15) is 18.4 Å². The van der Waals surface area contributed by atoms with Crippen LogP contribution in [0, 0.1) is 31.1 Å². The Morgan fingerprint density at radius 1 is 1.12 bits per heavy atom. The lowest BCUT2D eigenvalue weighted by molar-refractivity contribution is -0.153. The molecule has 1 aliphatic rings. The van der Waals surface area contributed by atoms with Gasteiger partial charge in [0, 0.05) is 25.2 Å². The molecule has 1 fully saturated rings. The molecule has 0 aromatic heterocycles. The highest BCUT2D eigenvalue weighted by Gasteiger charge is 2.43. The number of aryl methyl sites for hydroxylation is 3. The van der Waals surface area contributed by atoms with Crippen LogP contribution in [-0.4, -0.2) is 30.1 Å². The van der Waals surface area contributed by atoms with E-state index in [0.717, 1.165) is 5.56 Å². The number of carbonyl (C=O) groups is 3. The van der Waals surface area contributed by atoms with Crippen molar-refractivity contribution < 1.29 is 32.3 Å². The molecule has 0 amide bonds. The second kappa shape index (κ2) is 10.2. The van der Waals surface area contributed by atoms with E-state index in [1.807, 2.05) is 6.07 Å². The molecule has 2 atom stereocenters. The Bertz CT molecular complexity index is 1120. The molecule has 8 heteroatoms. The van der Waals surface area contributed by atoms with Gasteiger partial charge in [0.2, 0.25) is 0 Å². The summed E-state index contributed by atoms with van der Waals surface area (Å²) in [5.74, 6) is -2.44. The molecule has 0 N–H and O–H groups in total. The van der Waals surface area contributed by atoms with Gasteiger partial charge in [0.1, 0.15) is 23.2 Å². The Morgan fingerprint density at radius 2 is 1.74 bits per heavy atom. The van der Waals surface area contributed by atoms with E-state index in [-0.39, 0.29) is 42.4 Å². The topological polar surface area (TPSA) is 84.2 Å². The van der Waals surface area contributed by atoms with Gasteiger partial charge in [-0.25, -0.2) is 0 Å². The summed E-state index contributed by atoms with van der Waals surface area (Å²) >= 11 is 0. The minimum atomic E-state index is -4.47. The molecule has 2 aromatic rings. The fourth-order valence-corrected chi connectivity index (χ4v) is 4.38. The summed E-state index contributed by atoms with van der Waals surface area (Å²) in [6.45, 7) is 1.82. The number of nitrogens with zero attached hydrogens (tertiary/aromatic N) is 1. The predicted octanol–water partition coefficient (Wildman–Crippen LogP) is 4.95. The smallest absolute Gasteiger partial charge is 0.422 e. The number of Topliss-reactive ketones (excluding diaryl/α,β-unsaturated/α-hetero) is 3. The third kappa shape index (κ3) is 6.10. The summed E-state index contributed by atoms with van der Waals surface area (Å²) < 4.78 is 42.1. The van der Waals surface area contributed by atoms with Crippen molar-refractivity contribution in [2.45, 2.75) is 51.6 Å². The number of carbonyl (C=O) groups excluding carboxylic acids is 3. The average molecular weight is 471 g/mol. The number of benzene rings is 2. The van der Waals surface area contributed by atoms with Crippen LogP contribution in [0.4, 0.5) is 13.2 Å². The largest absolute Gasteiger partial charge is 0.484 e. The van der Waals surface area contributed by atoms with E-state index < -0.39 is 24.6 Å². The molecule has 0 radical (unpaired) electrons. The molecule has 0 heterocycles. The van der Waals surface area contributed by atoms with Gasteiger partial charge in [-0.3, -0.25) is 14.4 Å². The van der Waals surface area contributed by atoms with Crippen molar-refractivity contribution in [3.63, 3.8) is 0 Å². The molecular formula is C26H24F3NO4. The molecule has 2 unspecified atom stereocenters. The Hall–Kier alpha value is -3.47. The van der Waals surface area contributed by atoms with Gasteiger partial charge >= 0.3 is 6.18 Å². The first kappa shape index (κ1) is 25.2. The fourth-order valence-electron chi connectivity index (χ4n) is 4.38. The molecule has 1 saturated carbocycles. The maximum absolute atomic E-state index is 13.1. The molecule has 178 valence electrons. The normalized spacial score (nSPS) is 18.1. The molecule has 0 bridgehead atoms. The zero-order valence-corrected chi connectivity index (χ0v) is 18.9. The van der Waals surface area contributed by atoms with Crippen LogP contribution in [0.1, 0.15) is 53.0 Å². The number of hydrogen-bond donors (Lipinski definition) is 0. The van der Waals surface area contributed by atoms with E-state index in [1.54, 1.807) is 38.1 Å². The van der Waals surface area contributed by atoms with Crippen LogP contribution in [0.25, 0.3) is 0 Å². The Morgan fingerprint density at radius 3 is 2.29 bits per heavy atom. The van der Waals surface area contributed by atoms with Crippen molar-refractivity contribution in [3.05, 3.63) is 64.2 Å². The van der Waals surface area contributed by atoms with Gasteiger partial charge < -0.3 is 4.74 Å². The summed E-state index contributed by atoms with van der Waals surface area (Å²) in [7, 11) is 0. The fraction of sp³-hybridized carbons (Fsp3) is 0.385. The molecule has 1 aliphatic carbocycles. The molecule has 2 aromatic carbocycles. The van der Waals surface area contributed by atoms with Gasteiger partial charge in [0.25, 0.3) is 0 Å². The predicted molar refractivity (Wildman–Crippen MR) is 117 cm³/mol. The highest BCUT2D eigenvalue weighted by molar-refractivity contribution is 6.15. The first-order chi connectivity index (χ1) is 16.0. The first-order valence-electron chi connectivity index (χ1n) is 10.9. The zero-order valence-electron chi connectivity index (χ0n) is 18.9. The average Bonchev–Trinajstić information content (AvgIpc) is 3.03. The number of alkyl halides is 3. The van der Waals surface area contributed by atoms with Crippen LogP contribution in [0.15, 0.2) is 36.4 Å². The number of halogens is 3. The van der Waals surface area contributed by atoms with Crippen LogP contribution in [0.5, 0.6) is 5.75 Å². The van der Waals surface area contributed by atoms with Crippen molar-refractivity contribution in [2.75, 3.05) is 6.61 Å². The van der Waals surface area contributed by atoms with E-state index in [0.29, 0.717) is 28.7 Å². The minimum Gasteiger partial charge on any atom is -0.484 e. The summed E-state index contributed by atoms with van der Waals surface area (Å²) in [6.07, 6.45) is -3.84. The summed E-state index contributed by atoms with van der Waals surface area (Å²) in [5, 5.41) is 8.85. The molecule has 3 rings (SSSR count). The second-order valence-electron chi connectivity index (χ2n) is 8.63. The lowest BCUT2D eigenvalue weighted by Crippen LogP contribution is -2.21. The lowest BCUT2D eigenvalue weighted by Gasteiger charge is -2.18. The quantitative estimate of drug-likeness (QED) is 0.509. The van der Waals surface area contributed by atoms with Crippen molar-refractivity contribution >= 4 is 17.3 Å². The zero-order chi connectivity index (χ0) is 25.0. The summed E-state index contributed by atoms with van der Waals surface area (Å²) in [6, 6.07) is 11.7. The van der Waals surface area contributed by atoms with Gasteiger partial charge in [0.15, 0.2) is 12.4 Å². The van der Waals surface area contributed by atoms with Gasteiger partial charge in [-0.05, 0) is 66.8 Å². The van der Waals surface area contributed by atoms with Gasteiger partial charge in [0.05, 0.1) is 11.6 Å². The van der Waals surface area contributed by atoms with Crippen LogP contribution >= 0.6 is 0 Å². The van der Waals surface area contributed by atoms with E-state index >= 15 is 0 Å². The monoisotopic (exact) mass is 471 g/mol. The van der Waals surface area contributed by atoms with E-state index in [1.165, 1.54) is 12.1 Å². The summed E-state index contributed by atoms with van der Waals surface area (Å²) in [5.41, 5.74) is 2.90. The minimum absolute atomic E-state index is 0.0171. The Labute approximate surface area is 195 Å². The second-order valence-corrected chi connectivity index (χ2v) is 8.63. The SMILES string of the molecule is Cc1cc(OCC(F)(F)F)cc(C)c1C1C(=O)CC(CC(=O)CCc2ccc(C#N)cc2)C1=O. The molecule has 34 heavy (non-hydrogen) atoms. The molecule has 0 saturated heterocycles. The van der Waals surface area contributed by atoms with Gasteiger partial charge in [-0.15, -0.1) is 0 Å². The van der Waals surface area contributed by atoms with Crippen LogP contribution < -0.4 is 4.74 Å². The summed E-state index contributed by atoms with van der Waals surface area (Å²) in [4.78, 5) is 38.3. The van der Waals surface area contributed by atoms with Gasteiger partial charge in [-0.1, -0.05) is 12.1 Å². The number of nitriles is 1. The maximum Gasteiger partial charge on any atom is 0.422 e. The van der Waals surface area contributed by atoms with Crippen molar-refractivity contribution in [1.29, 1.82) is 5.26 Å². The lowest BCUT2D eigenvalue weighted by atomic mass is 9.86. The standard InChI is InChI=1S/C26H24F3NO4/c1-15-9-21(34-14-26(27,28)29)10-16(2)23(15)24-22(32)12-19(25(24)33)11-20(31)8-7-17-3-5-18(13-30)6-4-17/h3-6,9-10,19,24H,7-8,11-12,14H2,1-2H3. The van der Waals surface area contributed by atoms with Crippen molar-refractivity contribution in [1.82, 2.24) is 0 Å². The number of ketones is 3. The van der Waals surface area contributed by atoms with Crippen LogP contribution in [-0.2, 0) is 20.8 Å². The first-order valence-corrected chi connectivity index (χ1v) is 10.9. The molecule has 0 spiro atoms. The van der Waals surface area contributed by atoms with E-state index in [9.17, 15) is 27.6 Å². The van der Waals surface area contributed by atoms with Crippen LogP contribution in [0.3, 0.4) is 0 Å². The number of rotatable bonds is 8. The van der Waals surface area contributed by atoms with Crippen molar-refractivity contribution in [2.24, 2.45) is 5.92 Å². The third-order valence-corrected chi connectivity index (χ3v) is 5.96. The van der Waals surface area contributed by atoms with Crippen molar-refractivity contribution in [3.8, 4) is 11.8 Å². The number of hydrogen-bond acceptors (Lipinski definition) is 5. The van der Waals surface area contributed by atoms with E-state index in [2.05, 4.69) is 0 Å². The Kier molecular flexibility index (Phi) is 7.55. The molecule has 0 aliphatic heterocycles. The highest BCUT2D eigenvalue weighted by atomic mass is 19.4. The number of ether oxygens (including phenoxy) is 1. The third-order valence-electron chi connectivity index (χ3n) is 5.96.